The molecule has 1 unspecified atom stereocenters. The minimum absolute atomic E-state index is 0.419. The molecule has 3 rings (SSSR count). The fraction of sp³-hybridized carbons (Fsp3) is 0.471. The van der Waals surface area contributed by atoms with Gasteiger partial charge >= 0.3 is 0 Å². The van der Waals surface area contributed by atoms with E-state index in [1.807, 2.05) is 30.7 Å². The highest BCUT2D eigenvalue weighted by Crippen LogP contribution is 2.27. The van der Waals surface area contributed by atoms with Gasteiger partial charge in [-0.2, -0.15) is 0 Å². The molecular formula is C17H22N4. The van der Waals surface area contributed by atoms with Crippen LogP contribution >= 0.6 is 0 Å². The molecule has 0 amide bonds. The predicted molar refractivity (Wildman–Crippen MR) is 83.0 cm³/mol. The molecule has 0 saturated carbocycles. The first-order chi connectivity index (χ1) is 10.4. The Morgan fingerprint density at radius 3 is 2.90 bits per heavy atom. The Bertz CT molecular complexity index is 583. The molecule has 2 heterocycles. The van der Waals surface area contributed by atoms with Gasteiger partial charge in [0.1, 0.15) is 5.82 Å². The van der Waals surface area contributed by atoms with E-state index in [9.17, 15) is 0 Å². The van der Waals surface area contributed by atoms with Crippen molar-refractivity contribution < 1.29 is 0 Å². The van der Waals surface area contributed by atoms with Crippen LogP contribution in [-0.4, -0.2) is 21.5 Å². The van der Waals surface area contributed by atoms with Crippen molar-refractivity contribution in [2.45, 2.75) is 45.1 Å². The molecule has 1 aliphatic carbocycles. The molecule has 0 fully saturated rings. The summed E-state index contributed by atoms with van der Waals surface area (Å²) in [4.78, 5) is 13.5. The molecule has 4 heteroatoms. The number of nitrogens with zero attached hydrogens (tertiary/aromatic N) is 3. The fourth-order valence-electron chi connectivity index (χ4n) is 2.98. The third-order valence-electron chi connectivity index (χ3n) is 4.04. The maximum absolute atomic E-state index is 4.83. The van der Waals surface area contributed by atoms with Gasteiger partial charge in [0.15, 0.2) is 0 Å². The molecule has 21 heavy (non-hydrogen) atoms. The van der Waals surface area contributed by atoms with Gasteiger partial charge in [-0.1, -0.05) is 13.3 Å². The van der Waals surface area contributed by atoms with Gasteiger partial charge in [-0.05, 0) is 43.5 Å². The van der Waals surface area contributed by atoms with E-state index in [-0.39, 0.29) is 0 Å². The summed E-state index contributed by atoms with van der Waals surface area (Å²) in [5.41, 5.74) is 3.74. The highest BCUT2D eigenvalue weighted by atomic mass is 14.9. The van der Waals surface area contributed by atoms with Crippen LogP contribution in [0.2, 0.25) is 0 Å². The van der Waals surface area contributed by atoms with Crippen LogP contribution in [-0.2, 0) is 12.8 Å². The van der Waals surface area contributed by atoms with Gasteiger partial charge < -0.3 is 5.32 Å². The number of aryl methyl sites for hydroxylation is 1. The molecule has 0 aromatic carbocycles. The highest BCUT2D eigenvalue weighted by molar-refractivity contribution is 5.25. The Morgan fingerprint density at radius 2 is 2.10 bits per heavy atom. The zero-order valence-corrected chi connectivity index (χ0v) is 12.5. The lowest BCUT2D eigenvalue weighted by Crippen LogP contribution is -2.22. The lowest BCUT2D eigenvalue weighted by atomic mass is 10.0. The Hall–Kier alpha value is -1.81. The summed E-state index contributed by atoms with van der Waals surface area (Å²) in [7, 11) is 0. The average Bonchev–Trinajstić information content (AvgIpc) is 2.71. The second-order valence-corrected chi connectivity index (χ2v) is 5.58. The van der Waals surface area contributed by atoms with Gasteiger partial charge in [0.2, 0.25) is 0 Å². The van der Waals surface area contributed by atoms with E-state index in [0.29, 0.717) is 6.04 Å². The molecular weight excluding hydrogens is 260 g/mol. The summed E-state index contributed by atoms with van der Waals surface area (Å²) in [6.07, 6.45) is 11.2. The van der Waals surface area contributed by atoms with Crippen molar-refractivity contribution in [2.24, 2.45) is 0 Å². The maximum Gasteiger partial charge on any atom is 0.132 e. The Kier molecular flexibility index (Phi) is 4.55. The van der Waals surface area contributed by atoms with Crippen molar-refractivity contribution in [1.82, 2.24) is 20.3 Å². The van der Waals surface area contributed by atoms with Crippen LogP contribution in [0.25, 0.3) is 0 Å². The Morgan fingerprint density at radius 1 is 1.24 bits per heavy atom. The summed E-state index contributed by atoms with van der Waals surface area (Å²) in [6.45, 7) is 3.14. The first-order valence-electron chi connectivity index (χ1n) is 7.84. The van der Waals surface area contributed by atoms with Crippen molar-refractivity contribution in [3.05, 3.63) is 53.4 Å². The Balaban J connectivity index is 1.84. The molecule has 0 aliphatic heterocycles. The number of nitrogens with one attached hydrogen (secondary N) is 1. The molecule has 4 nitrogen and oxygen atoms in total. The number of pyridine rings is 1. The number of hydrogen-bond donors (Lipinski definition) is 1. The summed E-state index contributed by atoms with van der Waals surface area (Å²) in [6, 6.07) is 4.47. The number of fused-ring (bicyclic) bond motifs is 1. The molecule has 1 atom stereocenters. The van der Waals surface area contributed by atoms with Crippen LogP contribution in [0.15, 0.2) is 30.7 Å². The summed E-state index contributed by atoms with van der Waals surface area (Å²) >= 11 is 0. The van der Waals surface area contributed by atoms with Crippen molar-refractivity contribution in [3.63, 3.8) is 0 Å². The molecule has 110 valence electrons. The van der Waals surface area contributed by atoms with Crippen LogP contribution in [0, 0.1) is 0 Å². The van der Waals surface area contributed by atoms with Crippen molar-refractivity contribution in [3.8, 4) is 0 Å². The third-order valence-corrected chi connectivity index (χ3v) is 4.04. The van der Waals surface area contributed by atoms with Gasteiger partial charge in [0.25, 0.3) is 0 Å². The van der Waals surface area contributed by atoms with Gasteiger partial charge in [-0.25, -0.2) is 9.97 Å². The maximum atomic E-state index is 4.83. The monoisotopic (exact) mass is 282 g/mol. The lowest BCUT2D eigenvalue weighted by molar-refractivity contribution is 0.502. The van der Waals surface area contributed by atoms with E-state index >= 15 is 0 Å². The standard InChI is InChI=1S/C17H22N4/c1-2-19-15-5-3-4-6-16-14(15)12-20-17(21-16)11-13-7-9-18-10-8-13/h7-10,12,15,19H,2-6,11H2,1H3. The molecule has 1 N–H and O–H groups in total. The predicted octanol–water partition coefficient (Wildman–Crippen LogP) is 2.84. The van der Waals surface area contributed by atoms with Crippen LogP contribution in [0.4, 0.5) is 0 Å². The SMILES string of the molecule is CCNC1CCCCc2nc(Cc3ccncc3)ncc21. The van der Waals surface area contributed by atoms with E-state index < -0.39 is 0 Å². The minimum atomic E-state index is 0.419. The van der Waals surface area contributed by atoms with E-state index in [1.165, 1.54) is 36.1 Å². The summed E-state index contributed by atoms with van der Waals surface area (Å²) < 4.78 is 0. The minimum Gasteiger partial charge on any atom is -0.310 e. The lowest BCUT2D eigenvalue weighted by Gasteiger charge is -2.17. The molecule has 0 saturated heterocycles. The second-order valence-electron chi connectivity index (χ2n) is 5.58. The zero-order chi connectivity index (χ0) is 14.5. The fourth-order valence-corrected chi connectivity index (χ4v) is 2.98. The number of aromatic nitrogens is 3. The van der Waals surface area contributed by atoms with Crippen LogP contribution in [0.5, 0.6) is 0 Å². The van der Waals surface area contributed by atoms with Crippen molar-refractivity contribution in [1.29, 1.82) is 0 Å². The highest BCUT2D eigenvalue weighted by Gasteiger charge is 2.19. The molecule has 0 bridgehead atoms. The number of hydrogen-bond acceptors (Lipinski definition) is 4. The van der Waals surface area contributed by atoms with Gasteiger partial charge in [0.05, 0.1) is 0 Å². The van der Waals surface area contributed by atoms with Gasteiger partial charge in [-0.15, -0.1) is 0 Å². The van der Waals surface area contributed by atoms with E-state index in [0.717, 1.165) is 25.2 Å². The topological polar surface area (TPSA) is 50.7 Å². The number of rotatable bonds is 4. The average molecular weight is 282 g/mol. The van der Waals surface area contributed by atoms with E-state index in [2.05, 4.69) is 22.2 Å². The van der Waals surface area contributed by atoms with Gasteiger partial charge in [0, 0.05) is 42.3 Å². The summed E-state index contributed by atoms with van der Waals surface area (Å²) in [5.74, 6) is 0.914. The van der Waals surface area contributed by atoms with E-state index in [4.69, 9.17) is 4.98 Å². The third kappa shape index (κ3) is 3.45. The van der Waals surface area contributed by atoms with Crippen molar-refractivity contribution in [2.75, 3.05) is 6.54 Å². The quantitative estimate of drug-likeness (QED) is 0.876. The Labute approximate surface area is 126 Å². The van der Waals surface area contributed by atoms with Crippen molar-refractivity contribution >= 4 is 0 Å². The largest absolute Gasteiger partial charge is 0.310 e. The van der Waals surface area contributed by atoms with Crippen LogP contribution in [0.3, 0.4) is 0 Å². The molecule has 1 aliphatic rings. The summed E-state index contributed by atoms with van der Waals surface area (Å²) in [5, 5.41) is 3.56. The van der Waals surface area contributed by atoms with Gasteiger partial charge in [-0.3, -0.25) is 4.98 Å². The molecule has 2 aromatic heterocycles. The molecule has 0 spiro atoms. The van der Waals surface area contributed by atoms with Crippen LogP contribution < -0.4 is 5.32 Å². The zero-order valence-electron chi connectivity index (χ0n) is 12.5. The first kappa shape index (κ1) is 14.1. The molecule has 0 radical (unpaired) electrons. The van der Waals surface area contributed by atoms with E-state index in [1.54, 1.807) is 0 Å². The molecule has 2 aromatic rings. The normalized spacial score (nSPS) is 18.0. The smallest absolute Gasteiger partial charge is 0.132 e. The van der Waals surface area contributed by atoms with Crippen LogP contribution in [0.1, 0.15) is 54.9 Å². The first-order valence-corrected chi connectivity index (χ1v) is 7.84. The second kappa shape index (κ2) is 6.76.